The number of halogens is 1. The molecule has 0 amide bonds. The first-order valence-electron chi connectivity index (χ1n) is 5.29. The zero-order valence-electron chi connectivity index (χ0n) is 9.65. The smallest absolute Gasteiger partial charge is 0.303 e. The molecular formula is C12H16FNO3. The summed E-state index contributed by atoms with van der Waals surface area (Å²) in [5.74, 6) is -1.24. The number of methoxy groups -OCH3 is 1. The van der Waals surface area contributed by atoms with E-state index in [2.05, 4.69) is 0 Å². The van der Waals surface area contributed by atoms with Crippen LogP contribution in [-0.4, -0.2) is 18.2 Å². The molecule has 0 bridgehead atoms. The quantitative estimate of drug-likeness (QED) is 0.797. The molecule has 1 unspecified atom stereocenters. The van der Waals surface area contributed by atoms with E-state index in [1.807, 2.05) is 0 Å². The molecule has 4 nitrogen and oxygen atoms in total. The Balaban J connectivity index is 2.76. The van der Waals surface area contributed by atoms with Crippen LogP contribution in [0.5, 0.6) is 0 Å². The van der Waals surface area contributed by atoms with Crippen molar-refractivity contribution in [3.8, 4) is 0 Å². The second-order valence-electron chi connectivity index (χ2n) is 3.82. The minimum Gasteiger partial charge on any atom is -0.481 e. The SMILES string of the molecule is COCc1cc(C(N)CCC(=O)O)ccc1F. The van der Waals surface area contributed by atoms with Gasteiger partial charge in [0.05, 0.1) is 6.61 Å². The lowest BCUT2D eigenvalue weighted by atomic mass is 10.0. The van der Waals surface area contributed by atoms with Crippen LogP contribution in [0, 0.1) is 5.82 Å². The Hall–Kier alpha value is -1.46. The van der Waals surface area contributed by atoms with Crippen molar-refractivity contribution in [1.29, 1.82) is 0 Å². The van der Waals surface area contributed by atoms with E-state index in [1.54, 1.807) is 12.1 Å². The number of rotatable bonds is 6. The maximum Gasteiger partial charge on any atom is 0.303 e. The van der Waals surface area contributed by atoms with Gasteiger partial charge >= 0.3 is 5.97 Å². The first-order chi connectivity index (χ1) is 8.04. The maximum absolute atomic E-state index is 13.3. The van der Waals surface area contributed by atoms with Gasteiger partial charge in [0, 0.05) is 25.1 Å². The van der Waals surface area contributed by atoms with Gasteiger partial charge in [0.25, 0.3) is 0 Å². The van der Waals surface area contributed by atoms with Gasteiger partial charge in [-0.3, -0.25) is 4.79 Å². The second kappa shape index (κ2) is 6.32. The zero-order chi connectivity index (χ0) is 12.8. The highest BCUT2D eigenvalue weighted by Gasteiger charge is 2.11. The van der Waals surface area contributed by atoms with E-state index in [4.69, 9.17) is 15.6 Å². The number of hydrogen-bond donors (Lipinski definition) is 2. The third kappa shape index (κ3) is 4.13. The van der Waals surface area contributed by atoms with Gasteiger partial charge < -0.3 is 15.6 Å². The molecule has 0 fully saturated rings. The summed E-state index contributed by atoms with van der Waals surface area (Å²) in [5, 5.41) is 8.56. The topological polar surface area (TPSA) is 72.5 Å². The number of carboxylic acid groups (broad SMARTS) is 1. The largest absolute Gasteiger partial charge is 0.481 e. The van der Waals surface area contributed by atoms with Crippen LogP contribution in [0.4, 0.5) is 4.39 Å². The molecule has 1 atom stereocenters. The predicted octanol–water partition coefficient (Wildman–Crippen LogP) is 1.84. The molecule has 0 spiro atoms. The minimum absolute atomic E-state index is 0.00183. The van der Waals surface area contributed by atoms with Crippen LogP contribution >= 0.6 is 0 Å². The van der Waals surface area contributed by atoms with Crippen LogP contribution in [0.3, 0.4) is 0 Å². The fourth-order valence-electron chi connectivity index (χ4n) is 1.54. The van der Waals surface area contributed by atoms with Gasteiger partial charge in [-0.2, -0.15) is 0 Å². The molecule has 0 aliphatic rings. The second-order valence-corrected chi connectivity index (χ2v) is 3.82. The van der Waals surface area contributed by atoms with Gasteiger partial charge in [0.1, 0.15) is 5.82 Å². The lowest BCUT2D eigenvalue weighted by Gasteiger charge is -2.12. The fourth-order valence-corrected chi connectivity index (χ4v) is 1.54. The van der Waals surface area contributed by atoms with E-state index in [0.29, 0.717) is 12.0 Å². The van der Waals surface area contributed by atoms with Crippen molar-refractivity contribution < 1.29 is 19.0 Å². The lowest BCUT2D eigenvalue weighted by Crippen LogP contribution is -2.13. The van der Waals surface area contributed by atoms with Gasteiger partial charge in [-0.1, -0.05) is 6.07 Å². The molecule has 17 heavy (non-hydrogen) atoms. The van der Waals surface area contributed by atoms with Crippen molar-refractivity contribution >= 4 is 5.97 Å². The van der Waals surface area contributed by atoms with Gasteiger partial charge in [-0.05, 0) is 24.1 Å². The lowest BCUT2D eigenvalue weighted by molar-refractivity contribution is -0.137. The number of nitrogens with two attached hydrogens (primary N) is 1. The summed E-state index contributed by atoms with van der Waals surface area (Å²) in [6.45, 7) is 0.172. The average molecular weight is 241 g/mol. The van der Waals surface area contributed by atoms with E-state index >= 15 is 0 Å². The van der Waals surface area contributed by atoms with E-state index in [9.17, 15) is 9.18 Å². The molecule has 0 saturated heterocycles. The summed E-state index contributed by atoms with van der Waals surface area (Å²) in [6.07, 6.45) is 0.325. The predicted molar refractivity (Wildman–Crippen MR) is 60.9 cm³/mol. The Morgan fingerprint density at radius 2 is 2.29 bits per heavy atom. The minimum atomic E-state index is -0.889. The Kier molecular flexibility index (Phi) is 5.06. The maximum atomic E-state index is 13.3. The Morgan fingerprint density at radius 3 is 2.88 bits per heavy atom. The number of ether oxygens (including phenoxy) is 1. The highest BCUT2D eigenvalue weighted by molar-refractivity contribution is 5.66. The molecule has 94 valence electrons. The molecule has 0 aliphatic heterocycles. The Labute approximate surface area is 99.2 Å². The average Bonchev–Trinajstić information content (AvgIpc) is 2.29. The van der Waals surface area contributed by atoms with Crippen molar-refractivity contribution in [1.82, 2.24) is 0 Å². The first kappa shape index (κ1) is 13.6. The molecule has 1 aromatic rings. The molecule has 0 heterocycles. The summed E-state index contributed by atoms with van der Waals surface area (Å²) in [6, 6.07) is 4.11. The van der Waals surface area contributed by atoms with E-state index in [-0.39, 0.29) is 18.8 Å². The number of aliphatic carboxylic acids is 1. The van der Waals surface area contributed by atoms with Gasteiger partial charge in [-0.15, -0.1) is 0 Å². The number of carbonyl (C=O) groups is 1. The van der Waals surface area contributed by atoms with Crippen LogP contribution in [-0.2, 0) is 16.1 Å². The molecule has 0 radical (unpaired) electrons. The Morgan fingerprint density at radius 1 is 1.59 bits per heavy atom. The van der Waals surface area contributed by atoms with Gasteiger partial charge in [-0.25, -0.2) is 4.39 Å². The van der Waals surface area contributed by atoms with E-state index in [0.717, 1.165) is 5.56 Å². The highest BCUT2D eigenvalue weighted by Crippen LogP contribution is 2.19. The fraction of sp³-hybridized carbons (Fsp3) is 0.417. The van der Waals surface area contributed by atoms with Crippen LogP contribution in [0.1, 0.15) is 30.0 Å². The number of carboxylic acids is 1. The summed E-state index contributed by atoms with van der Waals surface area (Å²) in [5.41, 5.74) is 6.98. The third-order valence-corrected chi connectivity index (χ3v) is 2.47. The summed E-state index contributed by atoms with van der Waals surface area (Å²) in [7, 11) is 1.48. The first-order valence-corrected chi connectivity index (χ1v) is 5.29. The monoisotopic (exact) mass is 241 g/mol. The van der Waals surface area contributed by atoms with Crippen LogP contribution < -0.4 is 5.73 Å². The summed E-state index contributed by atoms with van der Waals surface area (Å²) in [4.78, 5) is 10.4. The van der Waals surface area contributed by atoms with Crippen molar-refractivity contribution in [2.75, 3.05) is 7.11 Å². The molecule has 1 aromatic carbocycles. The standard InChI is InChI=1S/C12H16FNO3/c1-17-7-9-6-8(2-3-10(9)13)11(14)4-5-12(15)16/h2-3,6,11H,4-5,7,14H2,1H3,(H,15,16). The molecule has 1 rings (SSSR count). The summed E-state index contributed by atoms with van der Waals surface area (Å²) >= 11 is 0. The third-order valence-electron chi connectivity index (χ3n) is 2.47. The van der Waals surface area contributed by atoms with E-state index < -0.39 is 12.0 Å². The number of benzene rings is 1. The van der Waals surface area contributed by atoms with E-state index in [1.165, 1.54) is 13.2 Å². The molecule has 0 saturated carbocycles. The Bertz CT molecular complexity index is 395. The molecule has 5 heteroatoms. The highest BCUT2D eigenvalue weighted by atomic mass is 19.1. The van der Waals surface area contributed by atoms with Crippen LogP contribution in [0.25, 0.3) is 0 Å². The van der Waals surface area contributed by atoms with Crippen LogP contribution in [0.15, 0.2) is 18.2 Å². The molecule has 0 aliphatic carbocycles. The molecular weight excluding hydrogens is 225 g/mol. The van der Waals surface area contributed by atoms with Crippen molar-refractivity contribution in [2.24, 2.45) is 5.73 Å². The van der Waals surface area contributed by atoms with Gasteiger partial charge in [0.2, 0.25) is 0 Å². The summed E-state index contributed by atoms with van der Waals surface area (Å²) < 4.78 is 18.2. The zero-order valence-corrected chi connectivity index (χ0v) is 9.65. The van der Waals surface area contributed by atoms with Gasteiger partial charge in [0.15, 0.2) is 0 Å². The van der Waals surface area contributed by atoms with Crippen molar-refractivity contribution in [3.05, 3.63) is 35.1 Å². The molecule has 0 aromatic heterocycles. The number of hydrogen-bond acceptors (Lipinski definition) is 3. The molecule has 3 N–H and O–H groups in total. The van der Waals surface area contributed by atoms with Crippen molar-refractivity contribution in [3.63, 3.8) is 0 Å². The normalized spacial score (nSPS) is 12.4. The van der Waals surface area contributed by atoms with Crippen LogP contribution in [0.2, 0.25) is 0 Å². The van der Waals surface area contributed by atoms with Crippen molar-refractivity contribution in [2.45, 2.75) is 25.5 Å².